The summed E-state index contributed by atoms with van der Waals surface area (Å²) < 4.78 is 0. The van der Waals surface area contributed by atoms with Crippen molar-refractivity contribution >= 4 is 118 Å². The molecule has 0 saturated heterocycles. The van der Waals surface area contributed by atoms with Crippen molar-refractivity contribution < 1.29 is 0 Å². The van der Waals surface area contributed by atoms with Gasteiger partial charge in [0.05, 0.1) is 11.4 Å². The van der Waals surface area contributed by atoms with Gasteiger partial charge in [0.2, 0.25) is 0 Å². The zero-order chi connectivity index (χ0) is 96.7. The topological polar surface area (TPSA) is 25.8 Å². The van der Waals surface area contributed by atoms with Crippen LogP contribution in [-0.4, -0.2) is 9.97 Å². The average Bonchev–Trinajstić information content (AvgIpc) is 1.49. The van der Waals surface area contributed by atoms with Crippen molar-refractivity contribution in [2.75, 3.05) is 0 Å². The van der Waals surface area contributed by atoms with Crippen LogP contribution in [0.15, 0.2) is 473 Å². The van der Waals surface area contributed by atoms with Crippen LogP contribution >= 0.6 is 0 Å². The molecule has 2 aromatic heterocycles. The minimum absolute atomic E-state index is 0.0717. The van der Waals surface area contributed by atoms with E-state index in [2.05, 4.69) is 497 Å². The van der Waals surface area contributed by atoms with Gasteiger partial charge in [-0.2, -0.15) is 0 Å². The van der Waals surface area contributed by atoms with Crippen molar-refractivity contribution in [1.82, 2.24) is 9.97 Å². The molecular weight excluding hydrogens is 1750 g/mol. The first-order valence-corrected chi connectivity index (χ1v) is 51.2. The third-order valence-electron chi connectivity index (χ3n) is 32.9. The summed E-state index contributed by atoms with van der Waals surface area (Å²) in [6.07, 6.45) is 6.11. The van der Waals surface area contributed by atoms with E-state index in [0.29, 0.717) is 0 Å². The maximum absolute atomic E-state index is 5.10. The molecule has 0 atom stereocenters. The monoisotopic (exact) mass is 1840 g/mol. The lowest BCUT2D eigenvalue weighted by Crippen LogP contribution is -2.14. The molecule has 0 aliphatic heterocycles. The lowest BCUT2D eigenvalue weighted by atomic mass is 9.80. The number of aryl methyl sites for hydroxylation is 2. The van der Waals surface area contributed by atoms with Crippen molar-refractivity contribution in [2.45, 2.75) is 70.6 Å². The summed E-state index contributed by atoms with van der Waals surface area (Å²) in [5, 5.41) is 27.8. The van der Waals surface area contributed by atoms with Gasteiger partial charge in [0.15, 0.2) is 0 Å². The van der Waals surface area contributed by atoms with E-state index in [-0.39, 0.29) is 16.2 Å². The molecule has 682 valence electrons. The van der Waals surface area contributed by atoms with Gasteiger partial charge in [-0.15, -0.1) is 0 Å². The van der Waals surface area contributed by atoms with Gasteiger partial charge in [-0.25, -0.2) is 0 Å². The van der Waals surface area contributed by atoms with Crippen molar-refractivity contribution in [2.24, 2.45) is 0 Å². The summed E-state index contributed by atoms with van der Waals surface area (Å²) in [6.45, 7) is 14.2. The molecule has 145 heavy (non-hydrogen) atoms. The number of pyridine rings is 2. The second-order valence-corrected chi connectivity index (χ2v) is 41.8. The first kappa shape index (κ1) is 85.4. The normalized spacial score (nSPS) is 13.6. The molecule has 4 aliphatic carbocycles. The molecule has 2 heteroatoms. The van der Waals surface area contributed by atoms with E-state index in [1.807, 2.05) is 18.5 Å². The number of rotatable bonds is 9. The van der Waals surface area contributed by atoms with Crippen LogP contribution in [0.1, 0.15) is 86.1 Å². The SMILES string of the molecule is CC1(C)c2ccccc2-c2c(-c3c4ccccc4c(-c4ccc5c6c(cccc46)CC5)c4ccc(-c5ccc6ccccc6c5)cc34)cccc21.CC1(C)c2ccccc2-c2c(-c3c4ccccc4c(-c4ccccn4)c4ccc(-c5ccc6ccccc6c5)cc34)cccc21.CC1(C)c2ccccc2-c2c(-c3c4ccccc4c(-c4nccc5ccccc45)c4ccc(-c5ccc6ccccc6c5)cc34)cccc21. The number of aromatic nitrogens is 2. The quantitative estimate of drug-likeness (QED) is 0.135. The van der Waals surface area contributed by atoms with Crippen LogP contribution in [0.4, 0.5) is 0 Å². The Kier molecular flexibility index (Phi) is 19.6. The summed E-state index contributed by atoms with van der Waals surface area (Å²) in [4.78, 5) is 9.97. The fourth-order valence-corrected chi connectivity index (χ4v) is 26.1. The third kappa shape index (κ3) is 13.4. The molecule has 0 bridgehead atoms. The molecule has 24 aromatic carbocycles. The average molecular weight is 1850 g/mol. The Bertz CT molecular complexity index is 9980. The van der Waals surface area contributed by atoms with Crippen LogP contribution in [0.2, 0.25) is 0 Å². The van der Waals surface area contributed by atoms with E-state index < -0.39 is 0 Å². The Morgan fingerprint density at radius 3 is 0.897 bits per heavy atom. The van der Waals surface area contributed by atoms with Gasteiger partial charge in [0.1, 0.15) is 0 Å². The molecule has 0 unspecified atom stereocenters. The van der Waals surface area contributed by atoms with Crippen LogP contribution in [0, 0.1) is 0 Å². The molecular formula is C143H100N2. The summed E-state index contributed by atoms with van der Waals surface area (Å²) in [6, 6.07) is 171. The molecule has 0 amide bonds. The summed E-state index contributed by atoms with van der Waals surface area (Å²) >= 11 is 0. The molecule has 0 N–H and O–H groups in total. The molecule has 0 saturated carbocycles. The van der Waals surface area contributed by atoms with Crippen LogP contribution in [0.5, 0.6) is 0 Å². The van der Waals surface area contributed by atoms with Crippen LogP contribution in [0.3, 0.4) is 0 Å². The van der Waals surface area contributed by atoms with Gasteiger partial charge in [0.25, 0.3) is 0 Å². The number of benzene rings is 24. The smallest absolute Gasteiger partial charge is 0.0792 e. The summed E-state index contributed by atoms with van der Waals surface area (Å²) in [5.74, 6) is 0. The van der Waals surface area contributed by atoms with Gasteiger partial charge in [-0.1, -0.05) is 448 Å². The Labute approximate surface area is 844 Å². The van der Waals surface area contributed by atoms with E-state index in [9.17, 15) is 0 Å². The number of nitrogens with zero attached hydrogens (tertiary/aromatic N) is 2. The minimum Gasteiger partial charge on any atom is -0.256 e. The molecule has 0 spiro atoms. The van der Waals surface area contributed by atoms with Gasteiger partial charge in [0, 0.05) is 45.2 Å². The summed E-state index contributed by atoms with van der Waals surface area (Å²) in [7, 11) is 0. The second kappa shape index (κ2) is 33.3. The highest BCUT2D eigenvalue weighted by atomic mass is 14.7. The standard InChI is InChI=1S/C51H36.C48H33N.C44H31N/c1-51(2)45-19-8-7-16-42(45)50-43(18-10-20-46(50)51)49-39-15-6-5-14-38(39)48(40-27-25-33-23-22-32-13-9-17-37(40)47(32)33)41-28-26-36(30-44(41)49)35-24-21-31-11-3-4-12-34(31)29-35;1-48(2)42-20-10-9-18-39(42)45-40(19-11-21-43(45)48)44-36-16-7-8-17-37(36)46(47-35-15-6-5-13-31(35)26-27-49-47)38-25-24-34(29-41(38)44)33-23-22-30-12-3-4-14-32(30)28-33;1-44(2)38-18-8-7-16-35(38)42-36(17-11-19-39(42)44)41-32-14-5-6-15-33(32)43(40-20-9-10-25-45-40)34-24-23-31(27-37(34)41)30-22-21-28-12-3-4-13-29(28)26-30/h3-21,24-30H,22-23H2,1-2H3;3-29H,1-2H3;3-27H,1-2H3. The highest BCUT2D eigenvalue weighted by Crippen LogP contribution is 2.61. The fraction of sp³-hybridized carbons (Fsp3) is 0.0769. The Morgan fingerprint density at radius 1 is 0.166 bits per heavy atom. The first-order valence-electron chi connectivity index (χ1n) is 51.2. The van der Waals surface area contributed by atoms with E-state index in [1.165, 1.54) is 285 Å². The van der Waals surface area contributed by atoms with Gasteiger partial charge < -0.3 is 0 Å². The van der Waals surface area contributed by atoms with E-state index >= 15 is 0 Å². The Hall–Kier alpha value is -17.6. The molecule has 30 rings (SSSR count). The van der Waals surface area contributed by atoms with E-state index in [0.717, 1.165) is 24.2 Å². The van der Waals surface area contributed by atoms with Crippen LogP contribution in [0.25, 0.3) is 252 Å². The molecule has 26 aromatic rings. The van der Waals surface area contributed by atoms with Crippen molar-refractivity contribution in [1.29, 1.82) is 0 Å². The third-order valence-corrected chi connectivity index (χ3v) is 32.9. The first-order chi connectivity index (χ1) is 71.2. The number of fused-ring (bicyclic) bond motifs is 19. The molecule has 2 nitrogen and oxygen atoms in total. The maximum atomic E-state index is 5.10. The molecule has 0 fully saturated rings. The zero-order valence-electron chi connectivity index (χ0n) is 81.8. The minimum atomic E-state index is -0.0867. The lowest BCUT2D eigenvalue weighted by Gasteiger charge is -2.23. The lowest BCUT2D eigenvalue weighted by molar-refractivity contribution is 0.660. The largest absolute Gasteiger partial charge is 0.256 e. The van der Waals surface area contributed by atoms with Crippen LogP contribution < -0.4 is 0 Å². The van der Waals surface area contributed by atoms with Crippen molar-refractivity contribution in [3.8, 4) is 134 Å². The maximum Gasteiger partial charge on any atom is 0.0792 e. The molecule has 0 radical (unpaired) electrons. The predicted octanol–water partition coefficient (Wildman–Crippen LogP) is 38.6. The fourth-order valence-electron chi connectivity index (χ4n) is 26.1. The van der Waals surface area contributed by atoms with E-state index in [1.54, 1.807) is 0 Å². The Morgan fingerprint density at radius 2 is 0.469 bits per heavy atom. The predicted molar refractivity (Wildman–Crippen MR) is 617 cm³/mol. The van der Waals surface area contributed by atoms with Crippen molar-refractivity contribution in [3.63, 3.8) is 0 Å². The molecule has 2 heterocycles. The Balaban J connectivity index is 0.000000106. The second-order valence-electron chi connectivity index (χ2n) is 41.8. The highest BCUT2D eigenvalue weighted by molar-refractivity contribution is 6.29. The van der Waals surface area contributed by atoms with Gasteiger partial charge in [-0.3, -0.25) is 9.97 Å². The van der Waals surface area contributed by atoms with Gasteiger partial charge in [-0.05, 0) is 336 Å². The zero-order valence-corrected chi connectivity index (χ0v) is 81.8. The number of hydrogen-bond donors (Lipinski definition) is 0. The van der Waals surface area contributed by atoms with Crippen LogP contribution in [-0.2, 0) is 29.1 Å². The highest BCUT2D eigenvalue weighted by Gasteiger charge is 2.42. The van der Waals surface area contributed by atoms with Gasteiger partial charge >= 0.3 is 0 Å². The molecule has 4 aliphatic rings. The number of hydrogen-bond acceptors (Lipinski definition) is 2. The van der Waals surface area contributed by atoms with Crippen molar-refractivity contribution in [3.05, 3.63) is 518 Å². The van der Waals surface area contributed by atoms with E-state index in [4.69, 9.17) is 9.97 Å². The summed E-state index contributed by atoms with van der Waals surface area (Å²) in [5.41, 5.74) is 41.3.